The van der Waals surface area contributed by atoms with Crippen LogP contribution in [-0.2, 0) is 18.4 Å². The summed E-state index contributed by atoms with van der Waals surface area (Å²) in [6, 6.07) is 7.45. The molecular weight excluding hydrogens is 304 g/mol. The van der Waals surface area contributed by atoms with Crippen molar-refractivity contribution in [3.63, 3.8) is 0 Å². The quantitative estimate of drug-likeness (QED) is 0.885. The smallest absolute Gasteiger partial charge is 0.255 e. The van der Waals surface area contributed by atoms with Gasteiger partial charge in [0.1, 0.15) is 0 Å². The highest BCUT2D eigenvalue weighted by atomic mass is 16.2. The monoisotopic (exact) mass is 328 g/mol. The SMILES string of the molecule is Cc1nn(C)c(C)c1C(=O)NCc1ccc(NC(=O)C(C)C)cc1. The number of hydrogen-bond acceptors (Lipinski definition) is 3. The maximum atomic E-state index is 12.3. The van der Waals surface area contributed by atoms with Crippen molar-refractivity contribution < 1.29 is 9.59 Å². The van der Waals surface area contributed by atoms with Crippen molar-refractivity contribution >= 4 is 17.5 Å². The third-order valence-corrected chi connectivity index (χ3v) is 3.93. The molecule has 2 N–H and O–H groups in total. The van der Waals surface area contributed by atoms with Crippen LogP contribution < -0.4 is 10.6 Å². The van der Waals surface area contributed by atoms with Gasteiger partial charge < -0.3 is 10.6 Å². The molecule has 0 aliphatic heterocycles. The van der Waals surface area contributed by atoms with Gasteiger partial charge in [-0.25, -0.2) is 0 Å². The van der Waals surface area contributed by atoms with E-state index in [9.17, 15) is 9.59 Å². The number of nitrogens with one attached hydrogen (secondary N) is 2. The van der Waals surface area contributed by atoms with E-state index in [4.69, 9.17) is 0 Å². The Bertz CT molecular complexity index is 745. The molecule has 0 saturated heterocycles. The number of rotatable bonds is 5. The molecule has 1 aromatic carbocycles. The van der Waals surface area contributed by atoms with Crippen molar-refractivity contribution in [3.05, 3.63) is 46.8 Å². The fourth-order valence-electron chi connectivity index (χ4n) is 2.37. The van der Waals surface area contributed by atoms with Gasteiger partial charge in [0.15, 0.2) is 0 Å². The van der Waals surface area contributed by atoms with E-state index in [2.05, 4.69) is 15.7 Å². The Hall–Kier alpha value is -2.63. The summed E-state index contributed by atoms with van der Waals surface area (Å²) in [5.74, 6) is -0.205. The van der Waals surface area contributed by atoms with Gasteiger partial charge in [0, 0.05) is 30.9 Å². The molecule has 0 aliphatic rings. The van der Waals surface area contributed by atoms with Crippen LogP contribution in [0.15, 0.2) is 24.3 Å². The minimum atomic E-state index is -0.129. The number of amides is 2. The highest BCUT2D eigenvalue weighted by Crippen LogP contribution is 2.13. The van der Waals surface area contributed by atoms with Crippen molar-refractivity contribution in [2.24, 2.45) is 13.0 Å². The van der Waals surface area contributed by atoms with Gasteiger partial charge in [-0.15, -0.1) is 0 Å². The third kappa shape index (κ3) is 4.01. The van der Waals surface area contributed by atoms with Crippen LogP contribution in [-0.4, -0.2) is 21.6 Å². The molecule has 0 spiro atoms. The Morgan fingerprint density at radius 2 is 1.79 bits per heavy atom. The molecule has 0 saturated carbocycles. The zero-order chi connectivity index (χ0) is 17.9. The molecule has 0 bridgehead atoms. The number of hydrogen-bond donors (Lipinski definition) is 2. The Kier molecular flexibility index (Phi) is 5.39. The van der Waals surface area contributed by atoms with Gasteiger partial charge in [-0.3, -0.25) is 14.3 Å². The van der Waals surface area contributed by atoms with Crippen LogP contribution >= 0.6 is 0 Å². The number of carbonyl (C=O) groups is 2. The second-order valence-electron chi connectivity index (χ2n) is 6.19. The summed E-state index contributed by atoms with van der Waals surface area (Å²) in [6.45, 7) is 7.82. The van der Waals surface area contributed by atoms with E-state index >= 15 is 0 Å². The fraction of sp³-hybridized carbons (Fsp3) is 0.389. The van der Waals surface area contributed by atoms with E-state index in [0.717, 1.165) is 22.6 Å². The summed E-state index contributed by atoms with van der Waals surface area (Å²) in [7, 11) is 1.82. The molecule has 2 rings (SSSR count). The minimum Gasteiger partial charge on any atom is -0.348 e. The average molecular weight is 328 g/mol. The van der Waals surface area contributed by atoms with E-state index in [0.29, 0.717) is 12.1 Å². The predicted molar refractivity (Wildman–Crippen MR) is 93.8 cm³/mol. The first kappa shape index (κ1) is 17.7. The molecule has 128 valence electrons. The van der Waals surface area contributed by atoms with Crippen LogP contribution in [0.5, 0.6) is 0 Å². The van der Waals surface area contributed by atoms with Crippen LogP contribution in [0.2, 0.25) is 0 Å². The lowest BCUT2D eigenvalue weighted by molar-refractivity contribution is -0.118. The largest absolute Gasteiger partial charge is 0.348 e. The molecule has 0 atom stereocenters. The maximum absolute atomic E-state index is 12.3. The normalized spacial score (nSPS) is 10.8. The number of carbonyl (C=O) groups excluding carboxylic acids is 2. The zero-order valence-electron chi connectivity index (χ0n) is 14.8. The molecule has 6 nitrogen and oxygen atoms in total. The van der Waals surface area contributed by atoms with Gasteiger partial charge >= 0.3 is 0 Å². The van der Waals surface area contributed by atoms with Crippen molar-refractivity contribution in [2.45, 2.75) is 34.2 Å². The van der Waals surface area contributed by atoms with E-state index < -0.39 is 0 Å². The van der Waals surface area contributed by atoms with Crippen molar-refractivity contribution in [1.82, 2.24) is 15.1 Å². The highest BCUT2D eigenvalue weighted by molar-refractivity contribution is 5.96. The van der Waals surface area contributed by atoms with Crippen LogP contribution in [0.4, 0.5) is 5.69 Å². The van der Waals surface area contributed by atoms with Crippen LogP contribution in [0.25, 0.3) is 0 Å². The average Bonchev–Trinajstić information content (AvgIpc) is 2.79. The Morgan fingerprint density at radius 3 is 2.29 bits per heavy atom. The van der Waals surface area contributed by atoms with E-state index in [1.165, 1.54) is 0 Å². The molecule has 2 amide bonds. The molecule has 0 radical (unpaired) electrons. The lowest BCUT2D eigenvalue weighted by Crippen LogP contribution is -2.24. The van der Waals surface area contributed by atoms with Gasteiger partial charge in [0.2, 0.25) is 5.91 Å². The van der Waals surface area contributed by atoms with Gasteiger partial charge in [0.05, 0.1) is 11.3 Å². The highest BCUT2D eigenvalue weighted by Gasteiger charge is 2.16. The number of anilines is 1. The number of nitrogens with zero attached hydrogens (tertiary/aromatic N) is 2. The fourth-order valence-corrected chi connectivity index (χ4v) is 2.37. The van der Waals surface area contributed by atoms with E-state index in [-0.39, 0.29) is 17.7 Å². The third-order valence-electron chi connectivity index (χ3n) is 3.93. The molecule has 24 heavy (non-hydrogen) atoms. The Morgan fingerprint density at radius 1 is 1.17 bits per heavy atom. The second kappa shape index (κ2) is 7.29. The summed E-state index contributed by atoms with van der Waals surface area (Å²) in [6.07, 6.45) is 0. The Labute approximate surface area is 142 Å². The number of aryl methyl sites for hydroxylation is 2. The molecule has 0 fully saturated rings. The first-order valence-corrected chi connectivity index (χ1v) is 7.97. The first-order chi connectivity index (χ1) is 11.3. The summed E-state index contributed by atoms with van der Waals surface area (Å²) in [5, 5.41) is 10.0. The molecular formula is C18H24N4O2. The first-order valence-electron chi connectivity index (χ1n) is 7.97. The number of benzene rings is 1. The van der Waals surface area contributed by atoms with Crippen LogP contribution in [0.1, 0.15) is 41.2 Å². The molecule has 1 aromatic heterocycles. The molecule has 0 unspecified atom stereocenters. The minimum absolute atomic E-state index is 0.0152. The lowest BCUT2D eigenvalue weighted by Gasteiger charge is -2.09. The van der Waals surface area contributed by atoms with E-state index in [1.54, 1.807) is 4.68 Å². The van der Waals surface area contributed by atoms with Gasteiger partial charge in [-0.05, 0) is 31.5 Å². The van der Waals surface area contributed by atoms with Crippen molar-refractivity contribution in [1.29, 1.82) is 0 Å². The molecule has 1 heterocycles. The maximum Gasteiger partial charge on any atom is 0.255 e. The second-order valence-corrected chi connectivity index (χ2v) is 6.19. The van der Waals surface area contributed by atoms with E-state index in [1.807, 2.05) is 59.0 Å². The summed E-state index contributed by atoms with van der Waals surface area (Å²) in [5.41, 5.74) is 3.90. The van der Waals surface area contributed by atoms with Crippen LogP contribution in [0.3, 0.4) is 0 Å². The molecule has 6 heteroatoms. The lowest BCUT2D eigenvalue weighted by atomic mass is 10.1. The topological polar surface area (TPSA) is 76.0 Å². The standard InChI is InChI=1S/C18H24N4O2/c1-11(2)17(23)20-15-8-6-14(7-9-15)10-19-18(24)16-12(3)21-22(5)13(16)4/h6-9,11H,10H2,1-5H3,(H,19,24)(H,20,23). The molecule has 0 aliphatic carbocycles. The zero-order valence-corrected chi connectivity index (χ0v) is 14.8. The van der Waals surface area contributed by atoms with Gasteiger partial charge in [-0.2, -0.15) is 5.10 Å². The van der Waals surface area contributed by atoms with Crippen molar-refractivity contribution in [3.8, 4) is 0 Å². The van der Waals surface area contributed by atoms with Gasteiger partial charge in [-0.1, -0.05) is 26.0 Å². The Balaban J connectivity index is 1.97. The number of aromatic nitrogens is 2. The van der Waals surface area contributed by atoms with Crippen LogP contribution in [0, 0.1) is 19.8 Å². The van der Waals surface area contributed by atoms with Crippen molar-refractivity contribution in [2.75, 3.05) is 5.32 Å². The predicted octanol–water partition coefficient (Wildman–Crippen LogP) is 2.56. The van der Waals surface area contributed by atoms with Gasteiger partial charge in [0.25, 0.3) is 5.91 Å². The molecule has 2 aromatic rings. The summed E-state index contributed by atoms with van der Waals surface area (Å²) < 4.78 is 1.70. The summed E-state index contributed by atoms with van der Waals surface area (Å²) in [4.78, 5) is 24.0. The summed E-state index contributed by atoms with van der Waals surface area (Å²) >= 11 is 0.